The number of anilines is 1. The Hall–Kier alpha value is -4.91. The average Bonchev–Trinajstić information content (AvgIpc) is 3.03. The van der Waals surface area contributed by atoms with Gasteiger partial charge in [-0.05, 0) is 72.9 Å². The molecule has 0 radical (unpaired) electrons. The van der Waals surface area contributed by atoms with Crippen molar-refractivity contribution in [3.63, 3.8) is 0 Å². The number of fused-ring (bicyclic) bond motifs is 1. The number of alkyl carbamates (subject to hydrolysis) is 1. The molecule has 0 aliphatic rings. The fourth-order valence-corrected chi connectivity index (χ4v) is 5.41. The lowest BCUT2D eigenvalue weighted by molar-refractivity contribution is -0.140. The van der Waals surface area contributed by atoms with Crippen molar-refractivity contribution < 1.29 is 19.1 Å². The molecule has 7 heteroatoms. The van der Waals surface area contributed by atoms with Gasteiger partial charge in [0.15, 0.2) is 0 Å². The van der Waals surface area contributed by atoms with Gasteiger partial charge in [-0.2, -0.15) is 0 Å². The van der Waals surface area contributed by atoms with E-state index in [1.807, 2.05) is 97.1 Å². The third-order valence-electron chi connectivity index (χ3n) is 7.60. The summed E-state index contributed by atoms with van der Waals surface area (Å²) in [7, 11) is 0. The number of unbranched alkanes of at least 4 members (excludes halogenated alkanes) is 2. The van der Waals surface area contributed by atoms with Gasteiger partial charge < -0.3 is 20.3 Å². The van der Waals surface area contributed by atoms with Gasteiger partial charge in [0.25, 0.3) is 5.91 Å². The van der Waals surface area contributed by atoms with Crippen molar-refractivity contribution in [2.45, 2.75) is 71.1 Å². The van der Waals surface area contributed by atoms with Gasteiger partial charge in [0.05, 0.1) is 0 Å². The zero-order valence-corrected chi connectivity index (χ0v) is 27.3. The van der Waals surface area contributed by atoms with Gasteiger partial charge in [0, 0.05) is 18.7 Å². The maximum atomic E-state index is 14.7. The predicted molar refractivity (Wildman–Crippen MR) is 186 cm³/mol. The fraction of sp³-hybridized carbons (Fsp3) is 0.308. The molecular weight excluding hydrogens is 574 g/mol. The van der Waals surface area contributed by atoms with Gasteiger partial charge in [-0.15, -0.1) is 0 Å². The second-order valence-electron chi connectivity index (χ2n) is 12.5. The van der Waals surface area contributed by atoms with E-state index < -0.39 is 23.8 Å². The van der Waals surface area contributed by atoms with Crippen LogP contribution in [-0.2, 0) is 20.7 Å². The predicted octanol–water partition coefficient (Wildman–Crippen LogP) is 8.32. The molecule has 0 aliphatic heterocycles. The first-order chi connectivity index (χ1) is 22.1. The molecule has 4 rings (SSSR count). The molecule has 4 aromatic rings. The molecule has 46 heavy (non-hydrogen) atoms. The van der Waals surface area contributed by atoms with E-state index in [-0.39, 0.29) is 18.2 Å². The number of rotatable bonds is 13. The number of ether oxygens (including phenoxy) is 1. The van der Waals surface area contributed by atoms with Crippen molar-refractivity contribution in [3.8, 4) is 0 Å². The largest absolute Gasteiger partial charge is 0.444 e. The van der Waals surface area contributed by atoms with Crippen LogP contribution in [0.15, 0.2) is 104 Å². The van der Waals surface area contributed by atoms with Gasteiger partial charge in [0.1, 0.15) is 17.7 Å². The number of hydrogen-bond acceptors (Lipinski definition) is 4. The number of carbonyl (C=O) groups is 3. The zero-order valence-electron chi connectivity index (χ0n) is 27.3. The summed E-state index contributed by atoms with van der Waals surface area (Å²) in [5.41, 5.74) is 2.22. The third kappa shape index (κ3) is 9.54. The van der Waals surface area contributed by atoms with Gasteiger partial charge in [0.2, 0.25) is 5.91 Å². The van der Waals surface area contributed by atoms with Crippen LogP contribution in [0.2, 0.25) is 0 Å². The molecule has 0 aromatic heterocycles. The van der Waals surface area contributed by atoms with Crippen LogP contribution in [0.25, 0.3) is 16.8 Å². The lowest BCUT2D eigenvalue weighted by atomic mass is 9.98. The first-order valence-electron chi connectivity index (χ1n) is 15.9. The molecule has 0 saturated carbocycles. The smallest absolute Gasteiger partial charge is 0.408 e. The second-order valence-corrected chi connectivity index (χ2v) is 12.5. The monoisotopic (exact) mass is 619 g/mol. The Morgan fingerprint density at radius 2 is 1.59 bits per heavy atom. The van der Waals surface area contributed by atoms with Crippen LogP contribution < -0.4 is 10.6 Å². The van der Waals surface area contributed by atoms with Crippen LogP contribution in [0.1, 0.15) is 69.7 Å². The van der Waals surface area contributed by atoms with E-state index in [1.165, 1.54) is 0 Å². The van der Waals surface area contributed by atoms with Crippen molar-refractivity contribution in [3.05, 3.63) is 120 Å². The van der Waals surface area contributed by atoms with Crippen LogP contribution in [0.4, 0.5) is 10.5 Å². The SMILES string of the molecule is C=Cc1cccc(C(C(=O)Nc2ccc3ccccc3c2)N(CCCCC)C(=O)C(Cc2ccccc2)NC(=O)OC(C)(C)C)c1. The number of hydrogen-bond donors (Lipinski definition) is 2. The summed E-state index contributed by atoms with van der Waals surface area (Å²) in [4.78, 5) is 43.7. The normalized spacial score (nSPS) is 12.5. The summed E-state index contributed by atoms with van der Waals surface area (Å²) in [5, 5.41) is 7.97. The van der Waals surface area contributed by atoms with Crippen LogP contribution in [-0.4, -0.2) is 41.0 Å². The molecular formula is C39H45N3O4. The number of nitrogens with zero attached hydrogens (tertiary/aromatic N) is 1. The summed E-state index contributed by atoms with van der Waals surface area (Å²) in [6, 6.07) is 28.7. The summed E-state index contributed by atoms with van der Waals surface area (Å²) >= 11 is 0. The standard InChI is InChI=1S/C39H45N3O4/c1-6-8-14-24-42(37(44)34(26-29-16-10-9-11-17-29)41-38(45)46-39(3,4)5)35(32-21-15-18-28(7-2)25-32)36(43)40-33-23-22-30-19-12-13-20-31(30)27-33/h7,9-13,15-23,25,27,34-35H,2,6,8,14,24,26H2,1,3-5H3,(H,40,43)(H,41,45). The third-order valence-corrected chi connectivity index (χ3v) is 7.60. The van der Waals surface area contributed by atoms with Gasteiger partial charge in [-0.1, -0.05) is 111 Å². The van der Waals surface area contributed by atoms with Crippen LogP contribution in [0.5, 0.6) is 0 Å². The molecule has 0 fully saturated rings. The maximum Gasteiger partial charge on any atom is 0.408 e. The van der Waals surface area contributed by atoms with Crippen LogP contribution in [0, 0.1) is 0 Å². The Morgan fingerprint density at radius 1 is 0.870 bits per heavy atom. The minimum atomic E-state index is -0.977. The minimum absolute atomic E-state index is 0.231. The van der Waals surface area contributed by atoms with Crippen molar-refractivity contribution >= 4 is 40.4 Å². The van der Waals surface area contributed by atoms with Gasteiger partial charge >= 0.3 is 6.09 Å². The molecule has 0 saturated heterocycles. The molecule has 2 atom stereocenters. The summed E-state index contributed by atoms with van der Waals surface area (Å²) in [5.74, 6) is -0.717. The minimum Gasteiger partial charge on any atom is -0.444 e. The molecule has 2 unspecified atom stereocenters. The molecule has 3 amide bonds. The Labute approximate surface area is 272 Å². The number of benzene rings is 4. The Kier molecular flexibility index (Phi) is 11.7. The molecule has 0 heterocycles. The summed E-state index contributed by atoms with van der Waals surface area (Å²) in [6.45, 7) is 11.6. The highest BCUT2D eigenvalue weighted by atomic mass is 16.6. The average molecular weight is 620 g/mol. The lowest BCUT2D eigenvalue weighted by Crippen LogP contribution is -2.53. The van der Waals surface area contributed by atoms with Crippen LogP contribution >= 0.6 is 0 Å². The Bertz CT molecular complexity index is 1640. The van der Waals surface area contributed by atoms with E-state index in [9.17, 15) is 14.4 Å². The van der Waals surface area contributed by atoms with Crippen molar-refractivity contribution in [2.75, 3.05) is 11.9 Å². The van der Waals surface area contributed by atoms with E-state index in [1.54, 1.807) is 31.7 Å². The highest BCUT2D eigenvalue weighted by molar-refractivity contribution is 6.00. The molecule has 4 aromatic carbocycles. The highest BCUT2D eigenvalue weighted by Gasteiger charge is 2.36. The topological polar surface area (TPSA) is 87.7 Å². The van der Waals surface area contributed by atoms with E-state index in [0.717, 1.165) is 34.7 Å². The molecule has 2 N–H and O–H groups in total. The molecule has 240 valence electrons. The van der Waals surface area contributed by atoms with Crippen LogP contribution in [0.3, 0.4) is 0 Å². The van der Waals surface area contributed by atoms with E-state index in [2.05, 4.69) is 24.1 Å². The number of nitrogens with one attached hydrogen (secondary N) is 2. The molecule has 0 spiro atoms. The summed E-state index contributed by atoms with van der Waals surface area (Å²) < 4.78 is 5.56. The van der Waals surface area contributed by atoms with Crippen molar-refractivity contribution in [2.24, 2.45) is 0 Å². The van der Waals surface area contributed by atoms with E-state index >= 15 is 0 Å². The summed E-state index contributed by atoms with van der Waals surface area (Å²) in [6.07, 6.45) is 3.75. The maximum absolute atomic E-state index is 14.7. The van der Waals surface area contributed by atoms with Crippen molar-refractivity contribution in [1.82, 2.24) is 10.2 Å². The highest BCUT2D eigenvalue weighted by Crippen LogP contribution is 2.28. The molecule has 0 bridgehead atoms. The quantitative estimate of drug-likeness (QED) is 0.147. The molecule has 7 nitrogen and oxygen atoms in total. The Balaban J connectivity index is 1.76. The second kappa shape index (κ2) is 15.9. The molecule has 0 aliphatic carbocycles. The number of carbonyl (C=O) groups excluding carboxylic acids is 3. The van der Waals surface area contributed by atoms with E-state index in [0.29, 0.717) is 24.2 Å². The van der Waals surface area contributed by atoms with Crippen molar-refractivity contribution in [1.29, 1.82) is 0 Å². The fourth-order valence-electron chi connectivity index (χ4n) is 5.41. The Morgan fingerprint density at radius 3 is 2.28 bits per heavy atom. The first-order valence-corrected chi connectivity index (χ1v) is 15.9. The number of amides is 3. The first kappa shape index (κ1) is 34.0. The lowest BCUT2D eigenvalue weighted by Gasteiger charge is -2.35. The van der Waals surface area contributed by atoms with E-state index in [4.69, 9.17) is 4.74 Å². The van der Waals surface area contributed by atoms with Gasteiger partial charge in [-0.25, -0.2) is 4.79 Å². The zero-order chi connectivity index (χ0) is 33.1. The van der Waals surface area contributed by atoms with Gasteiger partial charge in [-0.3, -0.25) is 9.59 Å².